The van der Waals surface area contributed by atoms with Gasteiger partial charge in [0.2, 0.25) is 5.79 Å². The molecule has 87 heavy (non-hydrogen) atoms. The number of carbonyl (C=O) groups excluding carboxylic acids is 5. The van der Waals surface area contributed by atoms with Crippen LogP contribution in [-0.4, -0.2) is 132 Å². The quantitative estimate of drug-likeness (QED) is 0.103. The number of aliphatic hydroxyl groups excluding tert-OH is 2. The van der Waals surface area contributed by atoms with Gasteiger partial charge < -0.3 is 54.5 Å². The zero-order chi connectivity index (χ0) is 63.2. The molecule has 2 bridgehead atoms. The molecule has 0 radical (unpaired) electrons. The number of amides is 1. The number of hydrogen-bond acceptors (Lipinski definition) is 15. The maximum atomic E-state index is 14.4. The van der Waals surface area contributed by atoms with Gasteiger partial charge in [-0.05, 0) is 142 Å². The number of allylic oxidation sites excluding steroid dienone is 10. The highest BCUT2D eigenvalue weighted by molar-refractivity contribution is 6.39. The molecule has 16 nitrogen and oxygen atoms in total. The Morgan fingerprint density at radius 1 is 0.724 bits per heavy atom. The second kappa shape index (κ2) is 34.4. The van der Waals surface area contributed by atoms with Crippen molar-refractivity contribution >= 4 is 52.8 Å². The number of benzene rings is 2. The molecule has 2 saturated heterocycles. The standard InChI is InChI=1S/C51H79NO13.2C10H9N/c1-30-16-12-11-13-17-31(2)42(61-8)28-38-21-19-36(7)51(60,65-38)48(57)49(58)52-23-15-14-18-39(52)50(59)64-43(33(4)26-37-20-22-40(53)44(27-37)62-9)29-41(54)32(3)25-35(6)46(56)47(63-10)45(55)34(5)24-30;2*1-2-7-10-9(5-1)6-3-4-8-11-10/h11-13,16-17,25,30,32-34,36-40,42-44,46-47,53,56,60H,14-15,18-24,26-29H2,1-10H3;2*1-8,11H/b13-11?,16-12+,31-17?,35-25+;;/t30-,32-,33-,34-,36-,37+,38+,39+,40-,42+,43+,44-,46-,47+,51-;;/m1../s1. The highest BCUT2D eigenvalue weighted by Gasteiger charge is 2.53. The number of anilines is 2. The molecule has 0 aromatic heterocycles. The van der Waals surface area contributed by atoms with E-state index in [1.807, 2.05) is 119 Å². The molecule has 474 valence electrons. The lowest BCUT2D eigenvalue weighted by atomic mass is 9.78. The molecule has 5 aliphatic heterocycles. The lowest BCUT2D eigenvalue weighted by Crippen LogP contribution is -2.61. The Balaban J connectivity index is 0.000000448. The Hall–Kier alpha value is -6.37. The Bertz CT molecular complexity index is 2800. The largest absolute Gasteiger partial charge is 0.460 e. The Morgan fingerprint density at radius 3 is 2.01 bits per heavy atom. The molecule has 8 rings (SSSR count). The van der Waals surface area contributed by atoms with Crippen LogP contribution in [0, 0.1) is 35.5 Å². The van der Waals surface area contributed by atoms with Crippen LogP contribution in [0.15, 0.2) is 133 Å². The maximum absolute atomic E-state index is 14.4. The minimum absolute atomic E-state index is 0.0193. The van der Waals surface area contributed by atoms with Gasteiger partial charge in [0.15, 0.2) is 5.78 Å². The van der Waals surface area contributed by atoms with Crippen molar-refractivity contribution in [2.45, 2.75) is 180 Å². The van der Waals surface area contributed by atoms with Gasteiger partial charge in [-0.15, -0.1) is 0 Å². The summed E-state index contributed by atoms with van der Waals surface area (Å²) in [5.74, 6) is -7.96. The molecular formula is C71H97N3O13. The van der Waals surface area contributed by atoms with E-state index in [0.717, 1.165) is 23.4 Å². The summed E-state index contributed by atoms with van der Waals surface area (Å²) in [7, 11) is 4.52. The summed E-state index contributed by atoms with van der Waals surface area (Å²) in [6, 6.07) is 15.3. The van der Waals surface area contributed by atoms with Crippen LogP contribution in [0.2, 0.25) is 0 Å². The molecule has 1 amide bonds. The van der Waals surface area contributed by atoms with E-state index in [2.05, 4.69) is 47.1 Å². The molecule has 15 atom stereocenters. The van der Waals surface area contributed by atoms with Crippen LogP contribution in [0.5, 0.6) is 0 Å². The summed E-state index contributed by atoms with van der Waals surface area (Å²) in [4.78, 5) is 71.8. The fourth-order valence-electron chi connectivity index (χ4n) is 12.4. The molecule has 2 aromatic carbocycles. The topological polar surface area (TPSA) is 219 Å². The van der Waals surface area contributed by atoms with Crippen LogP contribution in [-0.2, 0) is 47.7 Å². The third-order valence-corrected chi connectivity index (χ3v) is 17.8. The van der Waals surface area contributed by atoms with E-state index < -0.39 is 83.9 Å². The number of para-hydroxylation sites is 2. The fraction of sp³-hybridized carbons (Fsp3) is 0.535. The number of nitrogens with zero attached hydrogens (tertiary/aromatic N) is 1. The van der Waals surface area contributed by atoms with Crippen molar-refractivity contribution in [3.63, 3.8) is 0 Å². The lowest BCUT2D eigenvalue weighted by Gasteiger charge is -2.42. The maximum Gasteiger partial charge on any atom is 0.329 e. The number of aliphatic hydroxyl groups is 3. The zero-order valence-electron chi connectivity index (χ0n) is 52.8. The summed E-state index contributed by atoms with van der Waals surface area (Å²) in [5.41, 5.74) is 6.06. The van der Waals surface area contributed by atoms with Gasteiger partial charge in [0.05, 0.1) is 24.4 Å². The van der Waals surface area contributed by atoms with Crippen LogP contribution >= 0.6 is 0 Å². The monoisotopic (exact) mass is 1200 g/mol. The van der Waals surface area contributed by atoms with Gasteiger partial charge >= 0.3 is 5.97 Å². The Kier molecular flexibility index (Phi) is 27.6. The summed E-state index contributed by atoms with van der Waals surface area (Å²) < 4.78 is 29.4. The first-order chi connectivity index (χ1) is 41.7. The predicted octanol–water partition coefficient (Wildman–Crippen LogP) is 11.5. The van der Waals surface area contributed by atoms with Gasteiger partial charge in [-0.3, -0.25) is 19.2 Å². The molecule has 5 heterocycles. The summed E-state index contributed by atoms with van der Waals surface area (Å²) in [5, 5.41) is 40.2. The van der Waals surface area contributed by atoms with E-state index in [1.54, 1.807) is 41.1 Å². The number of Topliss-reactive ketones (excluding diaryl/α,β-unsaturated/α-hetero) is 3. The molecule has 1 saturated carbocycles. The molecule has 16 heteroatoms. The molecule has 0 unspecified atom stereocenters. The highest BCUT2D eigenvalue weighted by atomic mass is 16.6. The van der Waals surface area contributed by atoms with Crippen molar-refractivity contribution in [3.8, 4) is 0 Å². The van der Waals surface area contributed by atoms with Crippen LogP contribution in [0.3, 0.4) is 0 Å². The highest BCUT2D eigenvalue weighted by Crippen LogP contribution is 2.38. The molecule has 0 spiro atoms. The number of ether oxygens (including phenoxy) is 5. The molecule has 6 aliphatic rings. The van der Waals surface area contributed by atoms with Gasteiger partial charge in [0.1, 0.15) is 30.1 Å². The average Bonchev–Trinajstić information content (AvgIpc) is 2.34. The number of nitrogens with one attached hydrogen (secondary N) is 2. The molecule has 3 fully saturated rings. The summed E-state index contributed by atoms with van der Waals surface area (Å²) in [6.07, 6.45) is 27.3. The average molecular weight is 1200 g/mol. The minimum Gasteiger partial charge on any atom is -0.460 e. The second-order valence-corrected chi connectivity index (χ2v) is 24.5. The van der Waals surface area contributed by atoms with Gasteiger partial charge in [-0.2, -0.15) is 0 Å². The Labute approximate surface area is 516 Å². The summed E-state index contributed by atoms with van der Waals surface area (Å²) in [6.45, 7) is 12.7. The Morgan fingerprint density at radius 2 is 1.38 bits per heavy atom. The van der Waals surface area contributed by atoms with Crippen LogP contribution in [0.4, 0.5) is 11.4 Å². The molecule has 2 aromatic rings. The van der Waals surface area contributed by atoms with E-state index in [0.29, 0.717) is 63.4 Å². The van der Waals surface area contributed by atoms with Crippen molar-refractivity contribution in [1.82, 2.24) is 4.90 Å². The van der Waals surface area contributed by atoms with E-state index in [9.17, 15) is 39.3 Å². The first-order valence-corrected chi connectivity index (χ1v) is 31.2. The number of carbonyl (C=O) groups is 5. The number of rotatable bonds is 6. The number of fused-ring (bicyclic) bond motifs is 5. The number of piperidine rings is 1. The number of esters is 1. The smallest absolute Gasteiger partial charge is 0.329 e. The predicted molar refractivity (Wildman–Crippen MR) is 342 cm³/mol. The zero-order valence-corrected chi connectivity index (χ0v) is 52.8. The van der Waals surface area contributed by atoms with Crippen LogP contribution in [0.25, 0.3) is 12.2 Å². The normalized spacial score (nSPS) is 32.6. The van der Waals surface area contributed by atoms with Gasteiger partial charge in [0, 0.05) is 82.2 Å². The van der Waals surface area contributed by atoms with E-state index in [-0.39, 0.29) is 54.8 Å². The van der Waals surface area contributed by atoms with E-state index in [1.165, 1.54) is 23.1 Å². The van der Waals surface area contributed by atoms with Crippen molar-refractivity contribution in [3.05, 3.63) is 144 Å². The molecule has 1 aliphatic carbocycles. The van der Waals surface area contributed by atoms with Gasteiger partial charge in [-0.1, -0.05) is 132 Å². The van der Waals surface area contributed by atoms with Crippen molar-refractivity contribution in [2.24, 2.45) is 35.5 Å². The van der Waals surface area contributed by atoms with Crippen LogP contribution < -0.4 is 10.6 Å². The number of methoxy groups -OCH3 is 3. The van der Waals surface area contributed by atoms with Gasteiger partial charge in [0.25, 0.3) is 11.7 Å². The minimum atomic E-state index is -2.43. The van der Waals surface area contributed by atoms with Gasteiger partial charge in [-0.25, -0.2) is 4.79 Å². The summed E-state index contributed by atoms with van der Waals surface area (Å²) >= 11 is 0. The van der Waals surface area contributed by atoms with Crippen LogP contribution in [0.1, 0.15) is 137 Å². The molecular weight excluding hydrogens is 1100 g/mol. The number of ketones is 3. The number of hydrogen-bond donors (Lipinski definition) is 5. The lowest BCUT2D eigenvalue weighted by molar-refractivity contribution is -0.265. The van der Waals surface area contributed by atoms with E-state index >= 15 is 0 Å². The fourth-order valence-corrected chi connectivity index (χ4v) is 12.4. The molecule has 5 N–H and O–H groups in total. The van der Waals surface area contributed by atoms with Crippen molar-refractivity contribution in [2.75, 3.05) is 38.5 Å². The number of cyclic esters (lactones) is 1. The van der Waals surface area contributed by atoms with Crippen molar-refractivity contribution in [1.29, 1.82) is 0 Å². The third-order valence-electron chi connectivity index (χ3n) is 17.8. The first kappa shape index (κ1) is 69.7. The SMILES string of the molecule is C1=CNc2ccccc2C=C1.C1=CNc2ccccc2C=C1.CO[C@H]1C[C@@H]2CC[C@@H](C)[C@@](O)(O2)C(=O)C(=O)N2CCCC[C@H]2C(=O)O[C@H]([C@H](C)C[C@@H]2CC[C@@H](O)[C@H](OC)C2)CC(=O)[C@H](C)/C=C(\C)[C@@H](O)[C@@H](OC)C(=O)[C@H](C)C[C@H](C)/C=C/C=CC=C1C. The third kappa shape index (κ3) is 19.8. The van der Waals surface area contributed by atoms with E-state index in [4.69, 9.17) is 23.7 Å². The first-order valence-electron chi connectivity index (χ1n) is 31.2. The second-order valence-electron chi connectivity index (χ2n) is 24.5. The van der Waals surface area contributed by atoms with Crippen molar-refractivity contribution < 1.29 is 63.0 Å².